The summed E-state index contributed by atoms with van der Waals surface area (Å²) in [5.41, 5.74) is 0.746. The topological polar surface area (TPSA) is 79.2 Å². The number of nitrogens with one attached hydrogen (secondary N) is 1. The van der Waals surface area contributed by atoms with Crippen LogP contribution >= 0.6 is 0 Å². The second kappa shape index (κ2) is 5.66. The van der Waals surface area contributed by atoms with Crippen molar-refractivity contribution in [3.05, 3.63) is 23.8 Å². The summed E-state index contributed by atoms with van der Waals surface area (Å²) in [6.07, 6.45) is 0.147. The van der Waals surface area contributed by atoms with Gasteiger partial charge >= 0.3 is 0 Å². The molecule has 0 saturated heterocycles. The summed E-state index contributed by atoms with van der Waals surface area (Å²) in [4.78, 5) is 0.175. The van der Waals surface area contributed by atoms with Crippen LogP contribution in [0.4, 0.5) is 0 Å². The number of ether oxygens (including phenoxy) is 1. The molecule has 0 bridgehead atoms. The normalized spacial score (nSPS) is 10.9. The van der Waals surface area contributed by atoms with E-state index in [2.05, 4.69) is 4.72 Å². The molecule has 0 atom stereocenters. The van der Waals surface area contributed by atoms with Crippen LogP contribution in [0.15, 0.2) is 23.1 Å². The molecular weight excluding hydrogens is 240 g/mol. The Morgan fingerprint density at radius 2 is 2.18 bits per heavy atom. The van der Waals surface area contributed by atoms with Crippen LogP contribution < -0.4 is 9.46 Å². The Labute approximate surface area is 101 Å². The largest absolute Gasteiger partial charge is 0.496 e. The number of benzene rings is 1. The Morgan fingerprint density at radius 1 is 1.47 bits per heavy atom. The summed E-state index contributed by atoms with van der Waals surface area (Å²) < 4.78 is 31.0. The predicted octanol–water partition coefficient (Wildman–Crippen LogP) is 1.20. The van der Waals surface area contributed by atoms with E-state index in [0.717, 1.165) is 5.56 Å². The number of nitrogens with zero attached hydrogens (tertiary/aromatic N) is 1. The molecule has 0 unspecified atom stereocenters. The van der Waals surface area contributed by atoms with E-state index in [1.807, 2.05) is 6.07 Å². The van der Waals surface area contributed by atoms with E-state index in [-0.39, 0.29) is 17.9 Å². The van der Waals surface area contributed by atoms with Crippen molar-refractivity contribution in [1.82, 2.24) is 4.72 Å². The first-order valence-corrected chi connectivity index (χ1v) is 6.51. The van der Waals surface area contributed by atoms with Crippen molar-refractivity contribution in [1.29, 1.82) is 5.26 Å². The summed E-state index contributed by atoms with van der Waals surface area (Å²) in [6, 6.07) is 6.49. The third kappa shape index (κ3) is 3.44. The molecule has 0 saturated carbocycles. The number of hydrogen-bond donors (Lipinski definition) is 1. The number of methoxy groups -OCH3 is 1. The minimum atomic E-state index is -3.54. The van der Waals surface area contributed by atoms with Gasteiger partial charge in [-0.25, -0.2) is 13.1 Å². The van der Waals surface area contributed by atoms with Gasteiger partial charge in [0.1, 0.15) is 5.75 Å². The van der Waals surface area contributed by atoms with E-state index >= 15 is 0 Å². The summed E-state index contributed by atoms with van der Waals surface area (Å²) >= 11 is 0. The number of nitriles is 1. The van der Waals surface area contributed by atoms with Crippen molar-refractivity contribution in [3.63, 3.8) is 0 Å². The highest BCUT2D eigenvalue weighted by Gasteiger charge is 2.14. The molecule has 0 radical (unpaired) electrons. The second-order valence-electron chi connectivity index (χ2n) is 3.44. The third-order valence-electron chi connectivity index (χ3n) is 2.21. The van der Waals surface area contributed by atoms with Crippen LogP contribution in [0.2, 0.25) is 0 Å². The maximum atomic E-state index is 11.8. The Morgan fingerprint density at radius 3 is 2.71 bits per heavy atom. The first-order chi connectivity index (χ1) is 8.01. The fraction of sp³-hybridized carbons (Fsp3) is 0.364. The van der Waals surface area contributed by atoms with E-state index < -0.39 is 10.0 Å². The lowest BCUT2D eigenvalue weighted by Gasteiger charge is -2.08. The molecule has 0 spiro atoms. The van der Waals surface area contributed by atoms with Crippen LogP contribution in [0.1, 0.15) is 12.0 Å². The fourth-order valence-corrected chi connectivity index (χ4v) is 2.46. The van der Waals surface area contributed by atoms with Gasteiger partial charge in [0.05, 0.1) is 18.1 Å². The van der Waals surface area contributed by atoms with Gasteiger partial charge in [-0.15, -0.1) is 0 Å². The third-order valence-corrected chi connectivity index (χ3v) is 3.66. The molecule has 0 aliphatic rings. The molecule has 1 rings (SSSR count). The second-order valence-corrected chi connectivity index (χ2v) is 5.20. The van der Waals surface area contributed by atoms with Crippen LogP contribution in [0, 0.1) is 18.3 Å². The minimum absolute atomic E-state index is 0.115. The minimum Gasteiger partial charge on any atom is -0.496 e. The van der Waals surface area contributed by atoms with E-state index in [1.165, 1.54) is 19.2 Å². The lowest BCUT2D eigenvalue weighted by atomic mass is 10.2. The Kier molecular flexibility index (Phi) is 4.49. The smallest absolute Gasteiger partial charge is 0.240 e. The van der Waals surface area contributed by atoms with Crippen LogP contribution in [0.25, 0.3) is 0 Å². The van der Waals surface area contributed by atoms with Gasteiger partial charge in [-0.3, -0.25) is 0 Å². The van der Waals surface area contributed by atoms with Crippen molar-refractivity contribution in [2.75, 3.05) is 13.7 Å². The van der Waals surface area contributed by atoms with Crippen molar-refractivity contribution >= 4 is 10.0 Å². The van der Waals surface area contributed by atoms with Crippen LogP contribution in [-0.4, -0.2) is 22.1 Å². The first kappa shape index (κ1) is 13.5. The van der Waals surface area contributed by atoms with Gasteiger partial charge in [0, 0.05) is 13.0 Å². The number of hydrogen-bond acceptors (Lipinski definition) is 4. The number of rotatable bonds is 5. The molecule has 0 aliphatic carbocycles. The molecule has 1 aromatic rings. The molecule has 1 aromatic carbocycles. The average Bonchev–Trinajstić information content (AvgIpc) is 2.29. The first-order valence-electron chi connectivity index (χ1n) is 5.02. The summed E-state index contributed by atoms with van der Waals surface area (Å²) in [6.45, 7) is 1.89. The predicted molar refractivity (Wildman–Crippen MR) is 63.1 cm³/mol. The molecule has 0 aromatic heterocycles. The maximum absolute atomic E-state index is 11.8. The number of sulfonamides is 1. The van der Waals surface area contributed by atoms with Crippen molar-refractivity contribution < 1.29 is 13.2 Å². The molecule has 0 aliphatic heterocycles. The zero-order valence-electron chi connectivity index (χ0n) is 9.73. The standard InChI is InChI=1S/C11H14N2O3S/c1-9-8-10(4-5-11(9)16-2)17(14,15)13-7-3-6-12/h4-5,8,13H,3,7H2,1-2H3. The highest BCUT2D eigenvalue weighted by molar-refractivity contribution is 7.89. The zero-order valence-corrected chi connectivity index (χ0v) is 10.5. The zero-order chi connectivity index (χ0) is 12.9. The van der Waals surface area contributed by atoms with E-state index in [0.29, 0.717) is 5.75 Å². The van der Waals surface area contributed by atoms with Crippen LogP contribution in [0.5, 0.6) is 5.75 Å². The Bertz CT molecular complexity index is 532. The van der Waals surface area contributed by atoms with E-state index in [4.69, 9.17) is 10.00 Å². The fourth-order valence-electron chi connectivity index (χ4n) is 1.34. The summed E-state index contributed by atoms with van der Waals surface area (Å²) in [5, 5.41) is 8.34. The molecule has 0 fully saturated rings. The highest BCUT2D eigenvalue weighted by Crippen LogP contribution is 2.21. The van der Waals surface area contributed by atoms with Crippen molar-refractivity contribution in [3.8, 4) is 11.8 Å². The Hall–Kier alpha value is -1.58. The average molecular weight is 254 g/mol. The quantitative estimate of drug-likeness (QED) is 0.801. The van der Waals surface area contributed by atoms with Gasteiger partial charge in [-0.2, -0.15) is 5.26 Å². The maximum Gasteiger partial charge on any atom is 0.240 e. The van der Waals surface area contributed by atoms with Gasteiger partial charge in [0.2, 0.25) is 10.0 Å². The van der Waals surface area contributed by atoms with Gasteiger partial charge in [0.25, 0.3) is 0 Å². The van der Waals surface area contributed by atoms with E-state index in [1.54, 1.807) is 13.0 Å². The summed E-state index contributed by atoms with van der Waals surface area (Å²) in [7, 11) is -2.01. The van der Waals surface area contributed by atoms with Gasteiger partial charge in [-0.1, -0.05) is 0 Å². The van der Waals surface area contributed by atoms with Gasteiger partial charge in [0.15, 0.2) is 0 Å². The molecule has 17 heavy (non-hydrogen) atoms. The van der Waals surface area contributed by atoms with Gasteiger partial charge < -0.3 is 4.74 Å². The molecule has 92 valence electrons. The molecule has 0 heterocycles. The highest BCUT2D eigenvalue weighted by atomic mass is 32.2. The molecular formula is C11H14N2O3S. The molecule has 1 N–H and O–H groups in total. The molecule has 6 heteroatoms. The van der Waals surface area contributed by atoms with Crippen molar-refractivity contribution in [2.45, 2.75) is 18.2 Å². The SMILES string of the molecule is COc1ccc(S(=O)(=O)NCCC#N)cc1C. The van der Waals surface area contributed by atoms with E-state index in [9.17, 15) is 8.42 Å². The summed E-state index contributed by atoms with van der Waals surface area (Å²) in [5.74, 6) is 0.640. The lowest BCUT2D eigenvalue weighted by Crippen LogP contribution is -2.24. The van der Waals surface area contributed by atoms with Crippen LogP contribution in [0.3, 0.4) is 0 Å². The van der Waals surface area contributed by atoms with Crippen molar-refractivity contribution in [2.24, 2.45) is 0 Å². The monoisotopic (exact) mass is 254 g/mol. The molecule has 5 nitrogen and oxygen atoms in total. The van der Waals surface area contributed by atoms with Gasteiger partial charge in [-0.05, 0) is 30.7 Å². The number of aryl methyl sites for hydroxylation is 1. The molecule has 0 amide bonds. The van der Waals surface area contributed by atoms with Crippen LogP contribution in [-0.2, 0) is 10.0 Å². The lowest BCUT2D eigenvalue weighted by molar-refractivity contribution is 0.411. The Balaban J connectivity index is 2.93.